The third-order valence-corrected chi connectivity index (χ3v) is 6.22. The zero-order valence-electron chi connectivity index (χ0n) is 19.0. The van der Waals surface area contributed by atoms with E-state index < -0.39 is 17.4 Å². The molecule has 0 spiro atoms. The monoisotopic (exact) mass is 454 g/mol. The first-order valence-electron chi connectivity index (χ1n) is 11.1. The fourth-order valence-corrected chi connectivity index (χ4v) is 4.56. The Kier molecular flexibility index (Phi) is 6.56. The highest BCUT2D eigenvalue weighted by Crippen LogP contribution is 2.33. The molecule has 0 radical (unpaired) electrons. The summed E-state index contributed by atoms with van der Waals surface area (Å²) in [6, 6.07) is 5.59. The Labute approximate surface area is 191 Å². The molecule has 1 fully saturated rings. The van der Waals surface area contributed by atoms with Gasteiger partial charge in [0.15, 0.2) is 23.2 Å². The number of rotatable bonds is 6. The number of aromatic hydroxyl groups is 1. The molecule has 0 saturated heterocycles. The number of aromatic nitrogens is 2. The van der Waals surface area contributed by atoms with Gasteiger partial charge in [-0.05, 0) is 76.9 Å². The van der Waals surface area contributed by atoms with E-state index in [0.717, 1.165) is 44.4 Å². The predicted octanol–water partition coefficient (Wildman–Crippen LogP) is 5.02. The van der Waals surface area contributed by atoms with E-state index in [1.807, 2.05) is 0 Å². The summed E-state index contributed by atoms with van der Waals surface area (Å²) in [6.45, 7) is 2.55. The summed E-state index contributed by atoms with van der Waals surface area (Å²) in [7, 11) is 4.17. The van der Waals surface area contributed by atoms with E-state index in [-0.39, 0.29) is 17.4 Å². The molecule has 8 heteroatoms. The number of hydrogen-bond acceptors (Lipinski definition) is 6. The van der Waals surface area contributed by atoms with Gasteiger partial charge in [0.05, 0.1) is 22.5 Å². The number of benzene rings is 1. The zero-order chi connectivity index (χ0) is 23.7. The van der Waals surface area contributed by atoms with Crippen LogP contribution < -0.4 is 5.32 Å². The molecule has 0 amide bonds. The molecule has 4 rings (SSSR count). The van der Waals surface area contributed by atoms with Crippen LogP contribution >= 0.6 is 0 Å². The Bertz CT molecular complexity index is 1170. The zero-order valence-corrected chi connectivity index (χ0v) is 19.0. The largest absolute Gasteiger partial charge is 0.503 e. The molecule has 1 saturated carbocycles. The Balaban J connectivity index is 1.71. The lowest BCUT2D eigenvalue weighted by molar-refractivity contribution is 0.101. The molecular formula is C25H28F2N4O2. The van der Waals surface area contributed by atoms with E-state index in [9.17, 15) is 18.7 Å². The van der Waals surface area contributed by atoms with Crippen LogP contribution in [0.25, 0.3) is 22.3 Å². The molecule has 0 atom stereocenters. The summed E-state index contributed by atoms with van der Waals surface area (Å²) in [5.41, 5.74) is 2.60. The Morgan fingerprint density at radius 2 is 1.82 bits per heavy atom. The van der Waals surface area contributed by atoms with Crippen LogP contribution in [0, 0.1) is 17.6 Å². The maximum absolute atomic E-state index is 13.9. The first-order chi connectivity index (χ1) is 15.7. The van der Waals surface area contributed by atoms with Crippen molar-refractivity contribution in [3.05, 3.63) is 47.7 Å². The summed E-state index contributed by atoms with van der Waals surface area (Å²) in [5.74, 6) is -2.62. The highest BCUT2D eigenvalue weighted by molar-refractivity contribution is 6.06. The van der Waals surface area contributed by atoms with Crippen LogP contribution in [0.3, 0.4) is 0 Å². The van der Waals surface area contributed by atoms with Crippen molar-refractivity contribution in [1.29, 1.82) is 0 Å². The van der Waals surface area contributed by atoms with Crippen molar-refractivity contribution in [2.45, 2.75) is 38.6 Å². The van der Waals surface area contributed by atoms with Crippen LogP contribution in [0.15, 0.2) is 30.5 Å². The van der Waals surface area contributed by atoms with Crippen molar-refractivity contribution in [3.8, 4) is 17.0 Å². The minimum atomic E-state index is -1.06. The predicted molar refractivity (Wildman–Crippen MR) is 124 cm³/mol. The summed E-state index contributed by atoms with van der Waals surface area (Å²) < 4.78 is 27.8. The topological polar surface area (TPSA) is 78.3 Å². The number of Topliss-reactive ketones (excluding diaryl/α,β-unsaturated/α-hetero) is 1. The van der Waals surface area contributed by atoms with Gasteiger partial charge in [-0.25, -0.2) is 13.8 Å². The quantitative estimate of drug-likeness (QED) is 0.510. The molecule has 6 nitrogen and oxygen atoms in total. The Morgan fingerprint density at radius 3 is 2.42 bits per heavy atom. The van der Waals surface area contributed by atoms with Crippen molar-refractivity contribution in [1.82, 2.24) is 14.9 Å². The summed E-state index contributed by atoms with van der Waals surface area (Å²) in [6.07, 6.45) is 5.70. The molecule has 2 N–H and O–H groups in total. The number of phenols is 1. The lowest BCUT2D eigenvalue weighted by Crippen LogP contribution is -2.31. The number of phenolic OH excluding ortho intramolecular Hbond substituents is 1. The number of anilines is 1. The van der Waals surface area contributed by atoms with E-state index in [1.165, 1.54) is 6.92 Å². The maximum atomic E-state index is 13.9. The minimum absolute atomic E-state index is 0.137. The first-order valence-corrected chi connectivity index (χ1v) is 11.1. The third-order valence-electron chi connectivity index (χ3n) is 6.22. The molecular weight excluding hydrogens is 426 g/mol. The molecule has 0 unspecified atom stereocenters. The van der Waals surface area contributed by atoms with Crippen molar-refractivity contribution in [3.63, 3.8) is 0 Å². The third kappa shape index (κ3) is 4.95. The average Bonchev–Trinajstić information content (AvgIpc) is 2.77. The van der Waals surface area contributed by atoms with Crippen molar-refractivity contribution < 1.29 is 18.7 Å². The first kappa shape index (κ1) is 23.0. The van der Waals surface area contributed by atoms with Gasteiger partial charge < -0.3 is 15.3 Å². The molecule has 2 heterocycles. The number of carbonyl (C=O) groups excluding carboxylic acids is 1. The molecule has 174 valence electrons. The van der Waals surface area contributed by atoms with Crippen LogP contribution in [0.5, 0.6) is 5.75 Å². The van der Waals surface area contributed by atoms with Crippen molar-refractivity contribution in [2.24, 2.45) is 5.92 Å². The molecule has 33 heavy (non-hydrogen) atoms. The molecule has 1 aromatic carbocycles. The van der Waals surface area contributed by atoms with Gasteiger partial charge in [0.25, 0.3) is 0 Å². The number of carbonyl (C=O) groups is 1. The number of halogens is 2. The fourth-order valence-electron chi connectivity index (χ4n) is 4.56. The summed E-state index contributed by atoms with van der Waals surface area (Å²) >= 11 is 0. The van der Waals surface area contributed by atoms with Crippen LogP contribution in [0.4, 0.5) is 14.5 Å². The molecule has 3 aromatic rings. The van der Waals surface area contributed by atoms with Crippen LogP contribution in [0.2, 0.25) is 0 Å². The van der Waals surface area contributed by atoms with Crippen molar-refractivity contribution in [2.75, 3.05) is 26.0 Å². The SMILES string of the molecule is CC(=O)c1cnc2ccc(-c3cc(F)c(O)c(F)c3)nc2c1N[C@H]1CC[C@H](CN(C)C)CC1. The van der Waals surface area contributed by atoms with Gasteiger partial charge in [-0.15, -0.1) is 0 Å². The standard InChI is InChI=1S/C25H28F2N4O2/c1-14(32)18-12-28-22-9-8-21(16-10-19(26)25(33)20(27)11-16)30-24(22)23(18)29-17-6-4-15(5-7-17)13-31(2)3/h8-12,15,17,33H,4-7,13H2,1-3H3,(H,28,29)/t15-,17-. The molecule has 0 bridgehead atoms. The number of hydrogen-bond donors (Lipinski definition) is 2. The van der Waals surface area contributed by atoms with Gasteiger partial charge in [0.2, 0.25) is 0 Å². The van der Waals surface area contributed by atoms with E-state index in [1.54, 1.807) is 18.3 Å². The van der Waals surface area contributed by atoms with E-state index in [2.05, 4.69) is 34.3 Å². The molecule has 1 aliphatic rings. The van der Waals surface area contributed by atoms with Gasteiger partial charge in [0.1, 0.15) is 5.52 Å². The molecule has 1 aliphatic carbocycles. The second-order valence-corrected chi connectivity index (χ2v) is 9.08. The van der Waals surface area contributed by atoms with Crippen LogP contribution in [-0.2, 0) is 0 Å². The lowest BCUT2D eigenvalue weighted by Gasteiger charge is -2.31. The second-order valence-electron chi connectivity index (χ2n) is 9.08. The van der Waals surface area contributed by atoms with Gasteiger partial charge in [-0.1, -0.05) is 0 Å². The molecule has 0 aliphatic heterocycles. The van der Waals surface area contributed by atoms with Gasteiger partial charge in [-0.2, -0.15) is 0 Å². The number of fused-ring (bicyclic) bond motifs is 1. The van der Waals surface area contributed by atoms with Gasteiger partial charge in [-0.3, -0.25) is 9.78 Å². The van der Waals surface area contributed by atoms with E-state index in [0.29, 0.717) is 33.9 Å². The lowest BCUT2D eigenvalue weighted by atomic mass is 9.85. The van der Waals surface area contributed by atoms with E-state index in [4.69, 9.17) is 0 Å². The summed E-state index contributed by atoms with van der Waals surface area (Å²) in [4.78, 5) is 23.6. The maximum Gasteiger partial charge on any atom is 0.187 e. The smallest absolute Gasteiger partial charge is 0.187 e. The number of ketones is 1. The van der Waals surface area contributed by atoms with Crippen molar-refractivity contribution >= 4 is 22.5 Å². The van der Waals surface area contributed by atoms with E-state index >= 15 is 0 Å². The molecule has 2 aromatic heterocycles. The van der Waals surface area contributed by atoms with Gasteiger partial charge >= 0.3 is 0 Å². The highest BCUT2D eigenvalue weighted by Gasteiger charge is 2.24. The average molecular weight is 455 g/mol. The van der Waals surface area contributed by atoms with Crippen LogP contribution in [-0.4, -0.2) is 52.4 Å². The number of nitrogens with zero attached hydrogens (tertiary/aromatic N) is 3. The van der Waals surface area contributed by atoms with Gasteiger partial charge in [0, 0.05) is 24.3 Å². The fraction of sp³-hybridized carbons (Fsp3) is 0.400. The summed E-state index contributed by atoms with van der Waals surface area (Å²) in [5, 5.41) is 12.9. The normalized spacial score (nSPS) is 18.6. The highest BCUT2D eigenvalue weighted by atomic mass is 19.1. The van der Waals surface area contributed by atoms with Crippen LogP contribution in [0.1, 0.15) is 43.0 Å². The number of pyridine rings is 2. The Morgan fingerprint density at radius 1 is 1.15 bits per heavy atom. The second kappa shape index (κ2) is 9.39. The minimum Gasteiger partial charge on any atom is -0.503 e. The Hall–Kier alpha value is -3.13. The number of nitrogens with one attached hydrogen (secondary N) is 1.